The van der Waals surface area contributed by atoms with E-state index in [1.54, 1.807) is 6.07 Å². The molecule has 1 rings (SSSR count). The minimum atomic E-state index is -4.43. The first-order chi connectivity index (χ1) is 6.93. The van der Waals surface area contributed by atoms with Crippen LogP contribution < -0.4 is 5.73 Å². The topological polar surface area (TPSA) is 49.8 Å². The van der Waals surface area contributed by atoms with Gasteiger partial charge in [0.05, 0.1) is 11.6 Å². The second-order valence-corrected chi connectivity index (χ2v) is 2.85. The lowest BCUT2D eigenvalue weighted by atomic mass is 10.1. The van der Waals surface area contributed by atoms with E-state index in [4.69, 9.17) is 11.0 Å². The number of rotatable bonds is 1. The van der Waals surface area contributed by atoms with Crippen molar-refractivity contribution >= 4 is 11.8 Å². The molecular weight excluding hydrogens is 205 g/mol. The summed E-state index contributed by atoms with van der Waals surface area (Å²) in [7, 11) is 0. The van der Waals surface area contributed by atoms with Gasteiger partial charge in [-0.15, -0.1) is 0 Å². The Morgan fingerprint density at radius 3 is 2.47 bits per heavy atom. The molecule has 0 bridgehead atoms. The molecule has 0 aromatic heterocycles. The molecule has 0 atom stereocenters. The third-order valence-corrected chi connectivity index (χ3v) is 1.66. The van der Waals surface area contributed by atoms with Crippen molar-refractivity contribution < 1.29 is 13.2 Å². The lowest BCUT2D eigenvalue weighted by molar-refractivity contribution is -0.137. The fraction of sp³-hybridized carbons (Fsp3) is 0.100. The van der Waals surface area contributed by atoms with Crippen molar-refractivity contribution in [1.82, 2.24) is 0 Å². The van der Waals surface area contributed by atoms with Crippen LogP contribution in [0.3, 0.4) is 0 Å². The van der Waals surface area contributed by atoms with Crippen LogP contribution in [0.4, 0.5) is 18.9 Å². The Morgan fingerprint density at radius 2 is 1.93 bits per heavy atom. The van der Waals surface area contributed by atoms with Crippen LogP contribution in [0.25, 0.3) is 6.08 Å². The maximum absolute atomic E-state index is 12.3. The Bertz CT molecular complexity index is 427. The van der Waals surface area contributed by atoms with Crippen molar-refractivity contribution in [3.63, 3.8) is 0 Å². The normalized spacial score (nSPS) is 11.6. The molecule has 2 N–H and O–H groups in total. The Balaban J connectivity index is 3.18. The second kappa shape index (κ2) is 4.05. The van der Waals surface area contributed by atoms with Crippen LogP contribution in [-0.4, -0.2) is 0 Å². The van der Waals surface area contributed by atoms with Crippen LogP contribution in [-0.2, 0) is 6.18 Å². The Morgan fingerprint density at radius 1 is 1.27 bits per heavy atom. The average Bonchev–Trinajstić information content (AvgIpc) is 2.12. The summed E-state index contributed by atoms with van der Waals surface area (Å²) in [5.41, 5.74) is 4.76. The number of nitriles is 1. The van der Waals surface area contributed by atoms with E-state index in [1.807, 2.05) is 0 Å². The predicted octanol–water partition coefficient (Wildman–Crippen LogP) is 2.82. The summed E-state index contributed by atoms with van der Waals surface area (Å²) in [5, 5.41) is 8.24. The van der Waals surface area contributed by atoms with Gasteiger partial charge in [-0.3, -0.25) is 0 Å². The zero-order chi connectivity index (χ0) is 11.5. The highest BCUT2D eigenvalue weighted by molar-refractivity contribution is 5.59. The van der Waals surface area contributed by atoms with Crippen LogP contribution in [0.5, 0.6) is 0 Å². The molecule has 0 aliphatic rings. The fourth-order valence-corrected chi connectivity index (χ4v) is 1.07. The van der Waals surface area contributed by atoms with Crippen molar-refractivity contribution in [3.8, 4) is 6.07 Å². The molecular formula is C10H7F3N2. The van der Waals surface area contributed by atoms with Crippen LogP contribution >= 0.6 is 0 Å². The first-order valence-corrected chi connectivity index (χ1v) is 3.97. The molecule has 78 valence electrons. The zero-order valence-electron chi connectivity index (χ0n) is 7.55. The third-order valence-electron chi connectivity index (χ3n) is 1.66. The first kappa shape index (κ1) is 11.1. The van der Waals surface area contributed by atoms with Gasteiger partial charge in [-0.1, -0.05) is 0 Å². The molecule has 0 unspecified atom stereocenters. The van der Waals surface area contributed by atoms with Gasteiger partial charge in [-0.05, 0) is 29.8 Å². The van der Waals surface area contributed by atoms with Crippen LogP contribution in [0.15, 0.2) is 24.3 Å². The van der Waals surface area contributed by atoms with Crippen molar-refractivity contribution in [3.05, 3.63) is 35.4 Å². The lowest BCUT2D eigenvalue weighted by Gasteiger charge is -2.08. The summed E-state index contributed by atoms with van der Waals surface area (Å²) in [4.78, 5) is 0. The highest BCUT2D eigenvalue weighted by Crippen LogP contribution is 2.31. The largest absolute Gasteiger partial charge is 0.416 e. The number of allylic oxidation sites excluding steroid dienone is 1. The van der Waals surface area contributed by atoms with Gasteiger partial charge < -0.3 is 5.73 Å². The van der Waals surface area contributed by atoms with Gasteiger partial charge >= 0.3 is 6.18 Å². The van der Waals surface area contributed by atoms with E-state index in [2.05, 4.69) is 0 Å². The Labute approximate surface area is 84.4 Å². The quantitative estimate of drug-likeness (QED) is 0.574. The minimum absolute atomic E-state index is 0.0161. The number of nitrogens with zero attached hydrogens (tertiary/aromatic N) is 1. The standard InChI is InChI=1S/C10H7F3N2/c11-10(12,13)8-4-7(2-1-3-14)5-9(15)6-8/h1-2,4-6H,15H2/b2-1+. The fourth-order valence-electron chi connectivity index (χ4n) is 1.07. The van der Waals surface area contributed by atoms with Crippen molar-refractivity contribution in [2.75, 3.05) is 5.73 Å². The molecule has 0 saturated heterocycles. The molecule has 0 fully saturated rings. The Hall–Kier alpha value is -1.96. The molecule has 0 aliphatic heterocycles. The number of anilines is 1. The molecule has 0 spiro atoms. The van der Waals surface area contributed by atoms with E-state index < -0.39 is 11.7 Å². The molecule has 0 saturated carbocycles. The van der Waals surface area contributed by atoms with E-state index in [-0.39, 0.29) is 11.3 Å². The van der Waals surface area contributed by atoms with E-state index in [0.29, 0.717) is 0 Å². The molecule has 0 aliphatic carbocycles. The molecule has 0 radical (unpaired) electrons. The van der Waals surface area contributed by atoms with Crippen LogP contribution in [0.1, 0.15) is 11.1 Å². The van der Waals surface area contributed by atoms with Gasteiger partial charge in [0, 0.05) is 11.8 Å². The molecule has 5 heteroatoms. The van der Waals surface area contributed by atoms with E-state index >= 15 is 0 Å². The van der Waals surface area contributed by atoms with Gasteiger partial charge in [0.2, 0.25) is 0 Å². The van der Waals surface area contributed by atoms with Gasteiger partial charge in [-0.25, -0.2) is 0 Å². The zero-order valence-corrected chi connectivity index (χ0v) is 7.55. The summed E-state index contributed by atoms with van der Waals surface area (Å²) in [6.07, 6.45) is -2.06. The summed E-state index contributed by atoms with van der Waals surface area (Å²) in [5.74, 6) is 0. The van der Waals surface area contributed by atoms with Crippen molar-refractivity contribution in [2.24, 2.45) is 0 Å². The number of nitrogen functional groups attached to an aromatic ring is 1. The summed E-state index contributed by atoms with van der Waals surface area (Å²) in [6.45, 7) is 0. The SMILES string of the molecule is N#C/C=C/c1cc(N)cc(C(F)(F)F)c1. The van der Waals surface area contributed by atoms with E-state index in [0.717, 1.165) is 18.2 Å². The van der Waals surface area contributed by atoms with Gasteiger partial charge in [0.15, 0.2) is 0 Å². The van der Waals surface area contributed by atoms with Crippen LogP contribution in [0, 0.1) is 11.3 Å². The van der Waals surface area contributed by atoms with Crippen molar-refractivity contribution in [2.45, 2.75) is 6.18 Å². The van der Waals surface area contributed by atoms with Crippen LogP contribution in [0.2, 0.25) is 0 Å². The smallest absolute Gasteiger partial charge is 0.399 e. The first-order valence-electron chi connectivity index (χ1n) is 3.97. The molecule has 0 heterocycles. The Kier molecular flexibility index (Phi) is 3.00. The van der Waals surface area contributed by atoms with Gasteiger partial charge in [0.1, 0.15) is 0 Å². The minimum Gasteiger partial charge on any atom is -0.399 e. The monoisotopic (exact) mass is 212 g/mol. The van der Waals surface area contributed by atoms with Gasteiger partial charge in [-0.2, -0.15) is 18.4 Å². The molecule has 2 nitrogen and oxygen atoms in total. The van der Waals surface area contributed by atoms with E-state index in [9.17, 15) is 13.2 Å². The summed E-state index contributed by atoms with van der Waals surface area (Å²) < 4.78 is 37.0. The van der Waals surface area contributed by atoms with Gasteiger partial charge in [0.25, 0.3) is 0 Å². The number of nitrogens with two attached hydrogens (primary N) is 1. The maximum atomic E-state index is 12.3. The highest BCUT2D eigenvalue weighted by atomic mass is 19.4. The highest BCUT2D eigenvalue weighted by Gasteiger charge is 2.30. The molecule has 1 aromatic rings. The number of benzene rings is 1. The lowest BCUT2D eigenvalue weighted by Crippen LogP contribution is -2.06. The number of alkyl halides is 3. The number of hydrogen-bond donors (Lipinski definition) is 1. The molecule has 0 amide bonds. The average molecular weight is 212 g/mol. The second-order valence-electron chi connectivity index (χ2n) is 2.85. The summed E-state index contributed by atoms with van der Waals surface area (Å²) >= 11 is 0. The molecule has 1 aromatic carbocycles. The number of hydrogen-bond acceptors (Lipinski definition) is 2. The van der Waals surface area contributed by atoms with Crippen molar-refractivity contribution in [1.29, 1.82) is 5.26 Å². The number of halogens is 3. The third kappa shape index (κ3) is 3.02. The maximum Gasteiger partial charge on any atom is 0.416 e. The molecule has 15 heavy (non-hydrogen) atoms. The van der Waals surface area contributed by atoms with E-state index in [1.165, 1.54) is 12.1 Å². The summed E-state index contributed by atoms with van der Waals surface area (Å²) in [6, 6.07) is 4.84. The predicted molar refractivity (Wildman–Crippen MR) is 50.5 cm³/mol.